The molecule has 0 fully saturated rings. The van der Waals surface area contributed by atoms with Crippen LogP contribution in [0.3, 0.4) is 0 Å². The molecule has 0 atom stereocenters. The van der Waals surface area contributed by atoms with Gasteiger partial charge in [0.05, 0.1) is 13.0 Å². The summed E-state index contributed by atoms with van der Waals surface area (Å²) in [6.07, 6.45) is -0.132. The summed E-state index contributed by atoms with van der Waals surface area (Å²) < 4.78 is 33.3. The van der Waals surface area contributed by atoms with Gasteiger partial charge in [-0.25, -0.2) is 0 Å². The number of halogens is 3. The highest BCUT2D eigenvalue weighted by molar-refractivity contribution is 6.30. The van der Waals surface area contributed by atoms with Gasteiger partial charge in [0.2, 0.25) is 0 Å². The monoisotopic (exact) mass is 264 g/mol. The first-order valence-electron chi connectivity index (χ1n) is 4.91. The molecule has 3 nitrogen and oxygen atoms in total. The molecule has 0 bridgehead atoms. The number of esters is 1. The first-order chi connectivity index (χ1) is 8.02. The van der Waals surface area contributed by atoms with Gasteiger partial charge < -0.3 is 9.47 Å². The fraction of sp³-hybridized carbons (Fsp3) is 0.364. The number of rotatable bonds is 5. The summed E-state index contributed by atoms with van der Waals surface area (Å²) in [6.45, 7) is -1.07. The Hall–Kier alpha value is -1.36. The van der Waals surface area contributed by atoms with Gasteiger partial charge >= 0.3 is 12.6 Å². The van der Waals surface area contributed by atoms with Crippen LogP contribution in [0.25, 0.3) is 0 Å². The van der Waals surface area contributed by atoms with Gasteiger partial charge in [0.1, 0.15) is 5.75 Å². The van der Waals surface area contributed by atoms with E-state index in [4.69, 9.17) is 16.3 Å². The van der Waals surface area contributed by atoms with E-state index in [0.717, 1.165) is 0 Å². The van der Waals surface area contributed by atoms with E-state index in [1.165, 1.54) is 18.2 Å². The number of carbonyl (C=O) groups is 1. The van der Waals surface area contributed by atoms with Crippen molar-refractivity contribution in [3.63, 3.8) is 0 Å². The van der Waals surface area contributed by atoms with E-state index >= 15 is 0 Å². The van der Waals surface area contributed by atoms with Gasteiger partial charge in [0.25, 0.3) is 0 Å². The second-order valence-corrected chi connectivity index (χ2v) is 3.55. The topological polar surface area (TPSA) is 35.5 Å². The zero-order valence-electron chi connectivity index (χ0n) is 9.08. The van der Waals surface area contributed by atoms with Crippen LogP contribution in [0.4, 0.5) is 8.78 Å². The maximum Gasteiger partial charge on any atom is 0.387 e. The largest absolute Gasteiger partial charge is 0.466 e. The zero-order valence-corrected chi connectivity index (χ0v) is 9.84. The molecule has 94 valence electrons. The fourth-order valence-electron chi connectivity index (χ4n) is 1.25. The number of ether oxygens (including phenoxy) is 2. The van der Waals surface area contributed by atoms with Gasteiger partial charge in [0, 0.05) is 10.6 Å². The van der Waals surface area contributed by atoms with E-state index < -0.39 is 12.6 Å². The third-order valence-corrected chi connectivity index (χ3v) is 2.12. The van der Waals surface area contributed by atoms with Crippen molar-refractivity contribution in [3.05, 3.63) is 28.8 Å². The van der Waals surface area contributed by atoms with E-state index in [1.54, 1.807) is 6.92 Å². The van der Waals surface area contributed by atoms with Crippen LogP contribution in [-0.2, 0) is 16.0 Å². The molecule has 0 saturated heterocycles. The number of carbonyl (C=O) groups excluding carboxylic acids is 1. The lowest BCUT2D eigenvalue weighted by molar-refractivity contribution is -0.142. The van der Waals surface area contributed by atoms with Crippen molar-refractivity contribution in [2.75, 3.05) is 6.61 Å². The number of hydrogen-bond acceptors (Lipinski definition) is 3. The standard InChI is InChI=1S/C11H11ClF2O3/c1-2-16-10(15)5-7-3-4-8(12)6-9(7)17-11(13)14/h3-4,6,11H,2,5H2,1H3. The van der Waals surface area contributed by atoms with Crippen LogP contribution >= 0.6 is 11.6 Å². The SMILES string of the molecule is CCOC(=O)Cc1ccc(Cl)cc1OC(F)F. The smallest absolute Gasteiger partial charge is 0.387 e. The van der Waals surface area contributed by atoms with Gasteiger partial charge in [-0.15, -0.1) is 0 Å². The maximum atomic E-state index is 12.1. The molecule has 0 spiro atoms. The average molecular weight is 265 g/mol. The minimum absolute atomic E-state index is 0.111. The third-order valence-electron chi connectivity index (χ3n) is 1.89. The first kappa shape index (κ1) is 13.7. The summed E-state index contributed by atoms with van der Waals surface area (Å²) in [5.41, 5.74) is 0.313. The number of alkyl halides is 2. The van der Waals surface area contributed by atoms with E-state index in [9.17, 15) is 13.6 Å². The Balaban J connectivity index is 2.86. The normalized spacial score (nSPS) is 10.4. The molecule has 1 aromatic carbocycles. The lowest BCUT2D eigenvalue weighted by atomic mass is 10.1. The Bertz CT molecular complexity index is 396. The molecule has 1 rings (SSSR count). The second kappa shape index (κ2) is 6.39. The molecule has 0 unspecified atom stereocenters. The summed E-state index contributed by atoms with van der Waals surface area (Å²) in [4.78, 5) is 11.2. The Morgan fingerprint density at radius 3 is 2.76 bits per heavy atom. The van der Waals surface area contributed by atoms with Crippen LogP contribution < -0.4 is 4.74 Å². The van der Waals surface area contributed by atoms with Gasteiger partial charge in [-0.1, -0.05) is 17.7 Å². The van der Waals surface area contributed by atoms with Crippen LogP contribution in [0.15, 0.2) is 18.2 Å². The lowest BCUT2D eigenvalue weighted by Gasteiger charge is -2.10. The first-order valence-corrected chi connectivity index (χ1v) is 5.29. The van der Waals surface area contributed by atoms with Crippen LogP contribution in [0.1, 0.15) is 12.5 Å². The predicted molar refractivity (Wildman–Crippen MR) is 58.4 cm³/mol. The quantitative estimate of drug-likeness (QED) is 0.767. The van der Waals surface area contributed by atoms with E-state index in [0.29, 0.717) is 5.56 Å². The molecule has 0 saturated carbocycles. The summed E-state index contributed by atoms with van der Waals surface area (Å²) in [7, 11) is 0. The van der Waals surface area contributed by atoms with Crippen molar-refractivity contribution < 1.29 is 23.0 Å². The van der Waals surface area contributed by atoms with Gasteiger partial charge in [-0.05, 0) is 19.1 Å². The molecule has 0 heterocycles. The molecular formula is C11H11ClF2O3. The fourth-order valence-corrected chi connectivity index (χ4v) is 1.41. The van der Waals surface area contributed by atoms with Gasteiger partial charge in [0.15, 0.2) is 0 Å². The highest BCUT2D eigenvalue weighted by atomic mass is 35.5. The molecule has 0 aliphatic carbocycles. The van der Waals surface area contributed by atoms with Crippen molar-refractivity contribution in [1.82, 2.24) is 0 Å². The molecule has 0 N–H and O–H groups in total. The van der Waals surface area contributed by atoms with Crippen molar-refractivity contribution in [1.29, 1.82) is 0 Å². The molecule has 0 amide bonds. The minimum Gasteiger partial charge on any atom is -0.466 e. The Morgan fingerprint density at radius 2 is 2.18 bits per heavy atom. The average Bonchev–Trinajstić information content (AvgIpc) is 2.21. The Morgan fingerprint density at radius 1 is 1.47 bits per heavy atom. The molecule has 17 heavy (non-hydrogen) atoms. The molecule has 0 aromatic heterocycles. The van der Waals surface area contributed by atoms with Crippen LogP contribution in [0.2, 0.25) is 5.02 Å². The van der Waals surface area contributed by atoms with Gasteiger partial charge in [-0.2, -0.15) is 8.78 Å². The predicted octanol–water partition coefficient (Wildman–Crippen LogP) is 3.05. The Labute approximate surface area is 102 Å². The number of hydrogen-bond donors (Lipinski definition) is 0. The zero-order chi connectivity index (χ0) is 12.8. The maximum absolute atomic E-state index is 12.1. The molecule has 0 aliphatic rings. The summed E-state index contributed by atoms with van der Waals surface area (Å²) in [5, 5.41) is 0.258. The minimum atomic E-state index is -2.96. The third kappa shape index (κ3) is 4.56. The molecule has 6 heteroatoms. The van der Waals surface area contributed by atoms with E-state index in [1.807, 2.05) is 0 Å². The highest BCUT2D eigenvalue weighted by Crippen LogP contribution is 2.25. The van der Waals surface area contributed by atoms with Crippen molar-refractivity contribution >= 4 is 17.6 Å². The lowest BCUT2D eigenvalue weighted by Crippen LogP contribution is -2.10. The van der Waals surface area contributed by atoms with E-state index in [-0.39, 0.29) is 23.8 Å². The second-order valence-electron chi connectivity index (χ2n) is 3.11. The molecule has 0 aliphatic heterocycles. The Kier molecular flexibility index (Phi) is 5.15. The molecule has 0 radical (unpaired) electrons. The van der Waals surface area contributed by atoms with Crippen molar-refractivity contribution in [2.24, 2.45) is 0 Å². The van der Waals surface area contributed by atoms with Crippen molar-refractivity contribution in [3.8, 4) is 5.75 Å². The van der Waals surface area contributed by atoms with Crippen molar-refractivity contribution in [2.45, 2.75) is 20.0 Å². The summed E-state index contributed by atoms with van der Waals surface area (Å²) >= 11 is 5.66. The summed E-state index contributed by atoms with van der Waals surface area (Å²) in [5.74, 6) is -0.616. The van der Waals surface area contributed by atoms with E-state index in [2.05, 4.69) is 4.74 Å². The summed E-state index contributed by atoms with van der Waals surface area (Å²) in [6, 6.07) is 4.19. The molecular weight excluding hydrogens is 254 g/mol. The van der Waals surface area contributed by atoms with Crippen LogP contribution in [-0.4, -0.2) is 19.2 Å². The van der Waals surface area contributed by atoms with Crippen LogP contribution in [0.5, 0.6) is 5.75 Å². The van der Waals surface area contributed by atoms with Crippen LogP contribution in [0, 0.1) is 0 Å². The number of benzene rings is 1. The van der Waals surface area contributed by atoms with Gasteiger partial charge in [-0.3, -0.25) is 4.79 Å². The molecule has 1 aromatic rings. The highest BCUT2D eigenvalue weighted by Gasteiger charge is 2.13.